The molecule has 0 aliphatic heterocycles. The van der Waals surface area contributed by atoms with Gasteiger partial charge in [-0.05, 0) is 54.5 Å². The number of hydrogen-bond acceptors (Lipinski definition) is 3. The third kappa shape index (κ3) is 3.87. The first kappa shape index (κ1) is 15.6. The van der Waals surface area contributed by atoms with Gasteiger partial charge in [-0.3, -0.25) is 0 Å². The zero-order valence-corrected chi connectivity index (χ0v) is 12.5. The SMILES string of the molecule is Cc1cc(Oc2ccc(C=C(C#N)C(=O)O)cc2)ccc1Cl. The Balaban J connectivity index is 2.17. The lowest BCUT2D eigenvalue weighted by atomic mass is 10.1. The molecule has 2 aromatic rings. The predicted molar refractivity (Wildman–Crippen MR) is 83.9 cm³/mol. The van der Waals surface area contributed by atoms with Crippen molar-refractivity contribution in [3.05, 3.63) is 64.2 Å². The highest BCUT2D eigenvalue weighted by Crippen LogP contribution is 2.26. The van der Waals surface area contributed by atoms with Crippen LogP contribution >= 0.6 is 11.6 Å². The summed E-state index contributed by atoms with van der Waals surface area (Å²) < 4.78 is 5.69. The number of halogens is 1. The molecule has 22 heavy (non-hydrogen) atoms. The number of aryl methyl sites for hydroxylation is 1. The molecule has 110 valence electrons. The molecule has 0 heterocycles. The zero-order valence-electron chi connectivity index (χ0n) is 11.7. The van der Waals surface area contributed by atoms with Gasteiger partial charge in [0.25, 0.3) is 0 Å². The molecule has 0 bridgehead atoms. The molecule has 0 atom stereocenters. The maximum atomic E-state index is 10.8. The van der Waals surface area contributed by atoms with Gasteiger partial charge in [0.15, 0.2) is 0 Å². The van der Waals surface area contributed by atoms with Crippen molar-refractivity contribution in [1.29, 1.82) is 5.26 Å². The van der Waals surface area contributed by atoms with Crippen LogP contribution in [0.4, 0.5) is 0 Å². The van der Waals surface area contributed by atoms with Crippen LogP contribution in [0.25, 0.3) is 6.08 Å². The van der Waals surface area contributed by atoms with Gasteiger partial charge >= 0.3 is 5.97 Å². The summed E-state index contributed by atoms with van der Waals surface area (Å²) in [7, 11) is 0. The summed E-state index contributed by atoms with van der Waals surface area (Å²) in [5.74, 6) is 0.0145. The van der Waals surface area contributed by atoms with Crippen LogP contribution in [-0.4, -0.2) is 11.1 Å². The average Bonchev–Trinajstić information content (AvgIpc) is 2.50. The first-order valence-electron chi connectivity index (χ1n) is 6.39. The van der Waals surface area contributed by atoms with Crippen LogP contribution < -0.4 is 4.74 Å². The number of carbonyl (C=O) groups is 1. The van der Waals surface area contributed by atoms with Gasteiger partial charge in [0.1, 0.15) is 23.1 Å². The molecule has 0 aliphatic rings. The fourth-order valence-corrected chi connectivity index (χ4v) is 1.87. The van der Waals surface area contributed by atoms with Crippen LogP contribution in [0.15, 0.2) is 48.0 Å². The highest BCUT2D eigenvalue weighted by Gasteiger charge is 2.06. The minimum absolute atomic E-state index is 0.318. The van der Waals surface area contributed by atoms with Gasteiger partial charge < -0.3 is 9.84 Å². The van der Waals surface area contributed by atoms with Crippen LogP contribution in [0.5, 0.6) is 11.5 Å². The third-order valence-corrected chi connectivity index (χ3v) is 3.33. The molecule has 1 N–H and O–H groups in total. The van der Waals surface area contributed by atoms with Gasteiger partial charge in [0.05, 0.1) is 0 Å². The van der Waals surface area contributed by atoms with Gasteiger partial charge in [0.2, 0.25) is 0 Å². The van der Waals surface area contributed by atoms with Gasteiger partial charge in [-0.25, -0.2) is 4.79 Å². The normalized spacial score (nSPS) is 10.9. The molecule has 0 amide bonds. The van der Waals surface area contributed by atoms with Crippen molar-refractivity contribution < 1.29 is 14.6 Å². The molecule has 0 aliphatic carbocycles. The monoisotopic (exact) mass is 313 g/mol. The molecular formula is C17H12ClNO3. The summed E-state index contributed by atoms with van der Waals surface area (Å²) in [4.78, 5) is 10.8. The molecule has 5 heteroatoms. The number of rotatable bonds is 4. The number of nitriles is 1. The summed E-state index contributed by atoms with van der Waals surface area (Å²) in [6.45, 7) is 1.89. The van der Waals surface area contributed by atoms with Crippen molar-refractivity contribution >= 4 is 23.6 Å². The van der Waals surface area contributed by atoms with Crippen molar-refractivity contribution in [2.75, 3.05) is 0 Å². The number of nitrogens with zero attached hydrogens (tertiary/aromatic N) is 1. The number of carboxylic acids is 1. The lowest BCUT2D eigenvalue weighted by Crippen LogP contribution is -1.97. The van der Waals surface area contributed by atoms with Crippen molar-refractivity contribution in [3.8, 4) is 17.6 Å². The minimum Gasteiger partial charge on any atom is -0.477 e. The topological polar surface area (TPSA) is 70.3 Å². The van der Waals surface area contributed by atoms with E-state index in [-0.39, 0.29) is 5.57 Å². The Morgan fingerprint density at radius 2 is 1.86 bits per heavy atom. The maximum Gasteiger partial charge on any atom is 0.346 e. The van der Waals surface area contributed by atoms with E-state index < -0.39 is 5.97 Å². The molecule has 0 aromatic heterocycles. The van der Waals surface area contributed by atoms with E-state index in [2.05, 4.69) is 0 Å². The number of hydrogen-bond donors (Lipinski definition) is 1. The lowest BCUT2D eigenvalue weighted by Gasteiger charge is -2.07. The van der Waals surface area contributed by atoms with E-state index in [1.54, 1.807) is 42.5 Å². The van der Waals surface area contributed by atoms with Crippen molar-refractivity contribution in [2.24, 2.45) is 0 Å². The molecule has 2 rings (SSSR count). The van der Waals surface area contributed by atoms with Crippen LogP contribution in [0.2, 0.25) is 5.02 Å². The second kappa shape index (κ2) is 6.79. The molecule has 0 spiro atoms. The first-order valence-corrected chi connectivity index (χ1v) is 6.76. The van der Waals surface area contributed by atoms with Gasteiger partial charge in [-0.2, -0.15) is 5.26 Å². The fourth-order valence-electron chi connectivity index (χ4n) is 1.76. The molecule has 0 fully saturated rings. The number of ether oxygens (including phenoxy) is 1. The van der Waals surface area contributed by atoms with Crippen LogP contribution in [0.3, 0.4) is 0 Å². The van der Waals surface area contributed by atoms with E-state index >= 15 is 0 Å². The first-order chi connectivity index (χ1) is 10.5. The van der Waals surface area contributed by atoms with E-state index in [9.17, 15) is 4.79 Å². The summed E-state index contributed by atoms with van der Waals surface area (Å²) >= 11 is 5.96. The van der Waals surface area contributed by atoms with E-state index in [1.165, 1.54) is 6.08 Å². The Kier molecular flexibility index (Phi) is 4.82. The fraction of sp³-hybridized carbons (Fsp3) is 0.0588. The molecular weight excluding hydrogens is 302 g/mol. The Hall–Kier alpha value is -2.77. The maximum absolute atomic E-state index is 10.8. The van der Waals surface area contributed by atoms with Gasteiger partial charge in [-0.1, -0.05) is 23.7 Å². The van der Waals surface area contributed by atoms with Crippen molar-refractivity contribution in [1.82, 2.24) is 0 Å². The predicted octanol–water partition coefficient (Wildman–Crippen LogP) is 4.43. The second-order valence-electron chi connectivity index (χ2n) is 4.56. The standard InChI is InChI=1S/C17H12ClNO3/c1-11-8-15(6-7-16(11)18)22-14-4-2-12(3-5-14)9-13(10-19)17(20)21/h2-9H,1H3,(H,20,21). The summed E-state index contributed by atoms with van der Waals surface area (Å²) in [5.41, 5.74) is 1.21. The van der Waals surface area contributed by atoms with Crippen LogP contribution in [0, 0.1) is 18.3 Å². The molecule has 0 saturated carbocycles. The molecule has 0 radical (unpaired) electrons. The van der Waals surface area contributed by atoms with Gasteiger partial charge in [-0.15, -0.1) is 0 Å². The Bertz CT molecular complexity index is 773. The van der Waals surface area contributed by atoms with E-state index in [1.807, 2.05) is 13.0 Å². The second-order valence-corrected chi connectivity index (χ2v) is 4.96. The highest BCUT2D eigenvalue weighted by atomic mass is 35.5. The molecule has 0 saturated heterocycles. The summed E-state index contributed by atoms with van der Waals surface area (Å²) in [6.07, 6.45) is 1.30. The molecule has 4 nitrogen and oxygen atoms in total. The van der Waals surface area contributed by atoms with Crippen LogP contribution in [0.1, 0.15) is 11.1 Å². The van der Waals surface area contributed by atoms with Crippen LogP contribution in [-0.2, 0) is 4.79 Å². The number of carboxylic acid groups (broad SMARTS) is 1. The minimum atomic E-state index is -1.25. The summed E-state index contributed by atoms with van der Waals surface area (Å²) in [5, 5.41) is 18.2. The van der Waals surface area contributed by atoms with E-state index in [0.717, 1.165) is 5.56 Å². The molecule has 2 aromatic carbocycles. The number of benzene rings is 2. The Labute approximate surface area is 132 Å². The average molecular weight is 314 g/mol. The van der Waals surface area contributed by atoms with E-state index in [4.69, 9.17) is 26.7 Å². The van der Waals surface area contributed by atoms with Crippen molar-refractivity contribution in [2.45, 2.75) is 6.92 Å². The Morgan fingerprint density at radius 3 is 2.41 bits per heavy atom. The van der Waals surface area contributed by atoms with E-state index in [0.29, 0.717) is 22.1 Å². The molecule has 0 unspecified atom stereocenters. The zero-order chi connectivity index (χ0) is 16.1. The summed E-state index contributed by atoms with van der Waals surface area (Å²) in [6, 6.07) is 13.7. The third-order valence-electron chi connectivity index (χ3n) is 2.91. The highest BCUT2D eigenvalue weighted by molar-refractivity contribution is 6.31. The quantitative estimate of drug-likeness (QED) is 0.669. The van der Waals surface area contributed by atoms with Crippen molar-refractivity contribution in [3.63, 3.8) is 0 Å². The lowest BCUT2D eigenvalue weighted by molar-refractivity contribution is -0.132. The Morgan fingerprint density at radius 1 is 1.23 bits per heavy atom. The smallest absolute Gasteiger partial charge is 0.346 e. The van der Waals surface area contributed by atoms with Gasteiger partial charge in [0, 0.05) is 5.02 Å². The largest absolute Gasteiger partial charge is 0.477 e. The number of aliphatic carboxylic acids is 1.